The molecule has 0 N–H and O–H groups in total. The summed E-state index contributed by atoms with van der Waals surface area (Å²) in [5, 5.41) is 0.709. The van der Waals surface area contributed by atoms with E-state index in [9.17, 15) is 0 Å². The van der Waals surface area contributed by atoms with Crippen molar-refractivity contribution in [1.29, 1.82) is 0 Å². The van der Waals surface area contributed by atoms with Crippen LogP contribution in [0.4, 0.5) is 0 Å². The van der Waals surface area contributed by atoms with Gasteiger partial charge >= 0.3 is 0 Å². The molecule has 88 valence electrons. The first-order valence-corrected chi connectivity index (χ1v) is 6.52. The maximum absolute atomic E-state index is 6.09. The Bertz CT molecular complexity index is 463. The van der Waals surface area contributed by atoms with Gasteiger partial charge in [-0.05, 0) is 23.3 Å². The van der Waals surface area contributed by atoms with Crippen molar-refractivity contribution in [3.05, 3.63) is 70.7 Å². The Morgan fingerprint density at radius 3 is 1.76 bits per heavy atom. The van der Waals surface area contributed by atoms with Crippen LogP contribution in [0.25, 0.3) is 0 Å². The third kappa shape index (κ3) is 3.16. The van der Waals surface area contributed by atoms with Gasteiger partial charge in [0.25, 0.3) is 0 Å². The molecule has 0 nitrogen and oxygen atoms in total. The van der Waals surface area contributed by atoms with E-state index >= 15 is 0 Å². The van der Waals surface area contributed by atoms with Crippen molar-refractivity contribution in [3.8, 4) is 0 Å². The van der Waals surface area contributed by atoms with Crippen LogP contribution in [0.2, 0.25) is 5.02 Å². The molecule has 0 aliphatic heterocycles. The van der Waals surface area contributed by atoms with Crippen molar-refractivity contribution >= 4 is 34.8 Å². The summed E-state index contributed by atoms with van der Waals surface area (Å²) in [6, 6.07) is 17.6. The molecule has 2 aromatic rings. The highest BCUT2D eigenvalue weighted by atomic mass is 35.5. The average Bonchev–Trinajstić information content (AvgIpc) is 2.33. The van der Waals surface area contributed by atoms with Gasteiger partial charge in [0.1, 0.15) is 4.84 Å². The normalized spacial score (nSPS) is 12.7. The molecule has 1 atom stereocenters. The predicted octanol–water partition coefficient (Wildman–Crippen LogP) is 5.28. The SMILES string of the molecule is Clc1ccc([C@H](c2ccccc2)C(Cl)Cl)cc1. The van der Waals surface area contributed by atoms with Gasteiger partial charge in [-0.2, -0.15) is 0 Å². The van der Waals surface area contributed by atoms with Crippen LogP contribution >= 0.6 is 34.8 Å². The maximum Gasteiger partial charge on any atom is 0.118 e. The maximum atomic E-state index is 6.09. The van der Waals surface area contributed by atoms with Crippen LogP contribution < -0.4 is 0 Å². The minimum absolute atomic E-state index is 0.0307. The van der Waals surface area contributed by atoms with Crippen LogP contribution in [0.1, 0.15) is 17.0 Å². The lowest BCUT2D eigenvalue weighted by atomic mass is 9.93. The number of benzene rings is 2. The van der Waals surface area contributed by atoms with Gasteiger partial charge in [0, 0.05) is 10.9 Å². The molecule has 0 aliphatic carbocycles. The summed E-state index contributed by atoms with van der Waals surface area (Å²) < 4.78 is 0. The quantitative estimate of drug-likeness (QED) is 0.673. The van der Waals surface area contributed by atoms with E-state index in [1.54, 1.807) is 0 Å². The Hall–Kier alpha value is -0.690. The van der Waals surface area contributed by atoms with Crippen molar-refractivity contribution < 1.29 is 0 Å². The van der Waals surface area contributed by atoms with Gasteiger partial charge in [0.2, 0.25) is 0 Å². The molecule has 0 heterocycles. The van der Waals surface area contributed by atoms with Crippen LogP contribution in [-0.2, 0) is 0 Å². The van der Waals surface area contributed by atoms with Crippen LogP contribution in [0.15, 0.2) is 54.6 Å². The summed E-state index contributed by atoms with van der Waals surface area (Å²) in [6.07, 6.45) is 0. The molecule has 0 bridgehead atoms. The molecule has 0 aliphatic rings. The topological polar surface area (TPSA) is 0 Å². The van der Waals surface area contributed by atoms with Gasteiger partial charge in [0.15, 0.2) is 0 Å². The summed E-state index contributed by atoms with van der Waals surface area (Å²) in [4.78, 5) is -0.487. The molecular formula is C14H11Cl3. The number of rotatable bonds is 3. The second-order valence-electron chi connectivity index (χ2n) is 3.77. The fraction of sp³-hybridized carbons (Fsp3) is 0.143. The Labute approximate surface area is 116 Å². The standard InChI is InChI=1S/C14H11Cl3/c15-12-8-6-11(7-9-12)13(14(16)17)10-4-2-1-3-5-10/h1-9,13-14H/t13-/m0/s1. The zero-order valence-corrected chi connectivity index (χ0v) is 11.3. The summed E-state index contributed by atoms with van der Waals surface area (Å²) in [5.41, 5.74) is 2.17. The van der Waals surface area contributed by atoms with Crippen molar-refractivity contribution in [1.82, 2.24) is 0 Å². The van der Waals surface area contributed by atoms with Gasteiger partial charge in [-0.3, -0.25) is 0 Å². The second-order valence-corrected chi connectivity index (χ2v) is 5.37. The first-order valence-electron chi connectivity index (χ1n) is 5.27. The van der Waals surface area contributed by atoms with Gasteiger partial charge in [-0.25, -0.2) is 0 Å². The van der Waals surface area contributed by atoms with E-state index in [-0.39, 0.29) is 5.92 Å². The van der Waals surface area contributed by atoms with Gasteiger partial charge in [0.05, 0.1) is 0 Å². The van der Waals surface area contributed by atoms with E-state index in [0.717, 1.165) is 11.1 Å². The van der Waals surface area contributed by atoms with Crippen LogP contribution in [0, 0.1) is 0 Å². The Kier molecular flexibility index (Phi) is 4.33. The first-order chi connectivity index (χ1) is 8.18. The molecule has 0 unspecified atom stereocenters. The summed E-state index contributed by atoms with van der Waals surface area (Å²) in [5.74, 6) is -0.0307. The molecule has 17 heavy (non-hydrogen) atoms. The second kappa shape index (κ2) is 5.77. The van der Waals surface area contributed by atoms with Gasteiger partial charge in [-0.15, -0.1) is 23.2 Å². The van der Waals surface area contributed by atoms with E-state index in [4.69, 9.17) is 34.8 Å². The number of hydrogen-bond donors (Lipinski definition) is 0. The lowest BCUT2D eigenvalue weighted by Gasteiger charge is -2.19. The van der Waals surface area contributed by atoms with Gasteiger partial charge in [-0.1, -0.05) is 54.1 Å². The average molecular weight is 286 g/mol. The van der Waals surface area contributed by atoms with Crippen LogP contribution in [0.3, 0.4) is 0 Å². The third-order valence-electron chi connectivity index (χ3n) is 2.64. The zero-order chi connectivity index (χ0) is 12.3. The molecule has 0 aromatic heterocycles. The summed E-state index contributed by atoms with van der Waals surface area (Å²) in [6.45, 7) is 0. The largest absolute Gasteiger partial charge is 0.118 e. The van der Waals surface area contributed by atoms with Crippen molar-refractivity contribution in [2.45, 2.75) is 10.8 Å². The highest BCUT2D eigenvalue weighted by Gasteiger charge is 2.20. The lowest BCUT2D eigenvalue weighted by Crippen LogP contribution is -2.08. The van der Waals surface area contributed by atoms with Crippen LogP contribution in [0.5, 0.6) is 0 Å². The monoisotopic (exact) mass is 284 g/mol. The van der Waals surface area contributed by atoms with E-state index in [1.165, 1.54) is 0 Å². The third-order valence-corrected chi connectivity index (χ3v) is 3.40. The lowest BCUT2D eigenvalue weighted by molar-refractivity contribution is 0.887. The van der Waals surface area contributed by atoms with Crippen molar-refractivity contribution in [2.75, 3.05) is 0 Å². The fourth-order valence-corrected chi connectivity index (χ4v) is 2.52. The number of alkyl halides is 2. The van der Waals surface area contributed by atoms with E-state index in [2.05, 4.69) is 0 Å². The summed E-state index contributed by atoms with van der Waals surface area (Å²) >= 11 is 18.0. The van der Waals surface area contributed by atoms with Gasteiger partial charge < -0.3 is 0 Å². The molecule has 0 spiro atoms. The Morgan fingerprint density at radius 2 is 1.24 bits per heavy atom. The molecule has 0 saturated heterocycles. The van der Waals surface area contributed by atoms with E-state index < -0.39 is 4.84 Å². The Balaban J connectivity index is 2.39. The molecular weight excluding hydrogens is 275 g/mol. The molecule has 2 aromatic carbocycles. The Morgan fingerprint density at radius 1 is 0.706 bits per heavy atom. The van der Waals surface area contributed by atoms with E-state index in [1.807, 2.05) is 54.6 Å². The minimum Gasteiger partial charge on any atom is -0.104 e. The molecule has 3 heteroatoms. The smallest absolute Gasteiger partial charge is 0.104 e. The highest BCUT2D eigenvalue weighted by Crippen LogP contribution is 2.33. The fourth-order valence-electron chi connectivity index (χ4n) is 1.81. The van der Waals surface area contributed by atoms with Crippen LogP contribution in [-0.4, -0.2) is 4.84 Å². The molecule has 0 saturated carbocycles. The zero-order valence-electron chi connectivity index (χ0n) is 8.98. The van der Waals surface area contributed by atoms with Crippen molar-refractivity contribution in [3.63, 3.8) is 0 Å². The molecule has 0 radical (unpaired) electrons. The number of hydrogen-bond acceptors (Lipinski definition) is 0. The first kappa shape index (κ1) is 12.8. The predicted molar refractivity (Wildman–Crippen MR) is 75.2 cm³/mol. The van der Waals surface area contributed by atoms with E-state index in [0.29, 0.717) is 5.02 Å². The molecule has 0 fully saturated rings. The van der Waals surface area contributed by atoms with Crippen molar-refractivity contribution in [2.24, 2.45) is 0 Å². The molecule has 0 amide bonds. The highest BCUT2D eigenvalue weighted by molar-refractivity contribution is 6.45. The summed E-state index contributed by atoms with van der Waals surface area (Å²) in [7, 11) is 0. The number of halogens is 3. The minimum atomic E-state index is -0.487. The molecule has 2 rings (SSSR count).